The first kappa shape index (κ1) is 33.1. The highest BCUT2D eigenvalue weighted by Gasteiger charge is 2.05. The van der Waals surface area contributed by atoms with Gasteiger partial charge >= 0.3 is 6.16 Å². The molecule has 1 rings (SSSR count). The van der Waals surface area contributed by atoms with Crippen molar-refractivity contribution in [1.29, 1.82) is 0 Å². The molecule has 0 radical (unpaired) electrons. The van der Waals surface area contributed by atoms with Crippen LogP contribution in [0.4, 0.5) is 4.79 Å². The molecule has 0 aromatic carbocycles. The van der Waals surface area contributed by atoms with Crippen molar-refractivity contribution < 1.29 is 23.6 Å². The lowest BCUT2D eigenvalue weighted by Crippen LogP contribution is -2.32. The van der Waals surface area contributed by atoms with Gasteiger partial charge in [-0.1, -0.05) is 109 Å². The van der Waals surface area contributed by atoms with Crippen LogP contribution < -0.4 is 4.57 Å². The number of nitrogens with zero attached hydrogens (tertiary/aromatic N) is 1. The number of carbonyl (C=O) groups excluding carboxylic acids is 1. The number of unbranched alkanes of at least 4 members (excludes halogenated alkanes) is 16. The Balaban J connectivity index is 1.78. The minimum atomic E-state index is -0.605. The van der Waals surface area contributed by atoms with E-state index in [1.807, 2.05) is 6.07 Å². The predicted octanol–water partition coefficient (Wildman–Crippen LogP) is 8.74. The molecule has 5 heteroatoms. The third-order valence-electron chi connectivity index (χ3n) is 6.65. The summed E-state index contributed by atoms with van der Waals surface area (Å²) < 4.78 is 18.2. The number of ether oxygens (including phenoxy) is 3. The van der Waals surface area contributed by atoms with E-state index >= 15 is 0 Å². The fraction of sp³-hybridized carbons (Fsp3) is 0.750. The van der Waals surface area contributed by atoms with Gasteiger partial charge in [0.15, 0.2) is 12.4 Å². The molecule has 212 valence electrons. The van der Waals surface area contributed by atoms with Crippen molar-refractivity contribution in [3.63, 3.8) is 0 Å². The number of hydrogen-bond acceptors (Lipinski definition) is 4. The van der Waals surface area contributed by atoms with Gasteiger partial charge in [-0.3, -0.25) is 0 Å². The van der Waals surface area contributed by atoms with Gasteiger partial charge in [0.25, 0.3) is 0 Å². The van der Waals surface area contributed by atoms with E-state index in [1.54, 1.807) is 0 Å². The Morgan fingerprint density at radius 3 is 1.73 bits per heavy atom. The van der Waals surface area contributed by atoms with Gasteiger partial charge in [-0.25, -0.2) is 9.36 Å². The van der Waals surface area contributed by atoms with E-state index in [4.69, 9.17) is 14.2 Å². The van der Waals surface area contributed by atoms with Gasteiger partial charge < -0.3 is 14.2 Å². The first-order valence-corrected chi connectivity index (χ1v) is 15.2. The fourth-order valence-corrected chi connectivity index (χ4v) is 4.35. The van der Waals surface area contributed by atoms with Crippen LogP contribution in [0.1, 0.15) is 122 Å². The molecule has 0 aliphatic carbocycles. The third kappa shape index (κ3) is 23.0. The summed E-state index contributed by atoms with van der Waals surface area (Å²) in [6, 6.07) is 6.16. The smallest absolute Gasteiger partial charge is 0.434 e. The molecule has 0 atom stereocenters. The molecule has 0 saturated heterocycles. The lowest BCUT2D eigenvalue weighted by molar-refractivity contribution is -0.697. The molecule has 37 heavy (non-hydrogen) atoms. The van der Waals surface area contributed by atoms with E-state index in [-0.39, 0.29) is 6.61 Å². The Hall–Kier alpha value is -1.88. The quantitative estimate of drug-likeness (QED) is 0.0532. The van der Waals surface area contributed by atoms with Crippen LogP contribution in [0.2, 0.25) is 0 Å². The molecule has 0 N–H and O–H groups in total. The molecule has 1 aromatic heterocycles. The highest BCUT2D eigenvalue weighted by molar-refractivity contribution is 5.60. The van der Waals surface area contributed by atoms with Crippen molar-refractivity contribution in [2.45, 2.75) is 129 Å². The van der Waals surface area contributed by atoms with Crippen molar-refractivity contribution in [2.75, 3.05) is 26.4 Å². The summed E-state index contributed by atoms with van der Waals surface area (Å²) >= 11 is 0. The van der Waals surface area contributed by atoms with Gasteiger partial charge in [0.05, 0.1) is 13.2 Å². The van der Waals surface area contributed by atoms with Crippen LogP contribution >= 0.6 is 0 Å². The summed E-state index contributed by atoms with van der Waals surface area (Å²) in [7, 11) is 0. The van der Waals surface area contributed by atoms with Crippen molar-refractivity contribution in [3.05, 3.63) is 42.7 Å². The van der Waals surface area contributed by atoms with Crippen LogP contribution in [0.25, 0.3) is 0 Å². The molecule has 0 bridgehead atoms. The standard InChI is InChI=1S/C32H56NO4/c1-3-4-5-6-7-8-9-10-11-12-13-14-16-23-28-36-32(34)37-30-31(2)29-35-27-22-17-15-19-24-33-25-20-18-21-26-33/h18,20-21,25-26H,2-17,19,22-24,27-30H2,1H3/q+1. The SMILES string of the molecule is C=C(COCCCCCC[n+]1ccccc1)COC(=O)OCCCCCCCCCCCCCCCC. The maximum absolute atomic E-state index is 11.7. The van der Waals surface area contributed by atoms with E-state index in [2.05, 4.69) is 42.6 Å². The number of carbonyl (C=O) groups is 1. The molecule has 0 aliphatic heterocycles. The molecular weight excluding hydrogens is 462 g/mol. The molecule has 0 saturated carbocycles. The van der Waals surface area contributed by atoms with Gasteiger partial charge in [-0.2, -0.15) is 0 Å². The number of aryl methyl sites for hydroxylation is 1. The van der Waals surface area contributed by atoms with E-state index in [9.17, 15) is 4.79 Å². The topological polar surface area (TPSA) is 48.6 Å². The van der Waals surface area contributed by atoms with Gasteiger partial charge in [-0.15, -0.1) is 0 Å². The second-order valence-electron chi connectivity index (χ2n) is 10.3. The second kappa shape index (κ2) is 25.8. The highest BCUT2D eigenvalue weighted by atomic mass is 16.7. The minimum Gasteiger partial charge on any atom is -0.434 e. The van der Waals surface area contributed by atoms with Gasteiger partial charge in [0.2, 0.25) is 0 Å². The normalized spacial score (nSPS) is 10.9. The summed E-state index contributed by atoms with van der Waals surface area (Å²) in [6.07, 6.45) is 26.5. The molecule has 0 amide bonds. The van der Waals surface area contributed by atoms with Gasteiger partial charge in [-0.05, 0) is 24.8 Å². The zero-order valence-electron chi connectivity index (χ0n) is 23.9. The Labute approximate surface area is 228 Å². The molecule has 0 unspecified atom stereocenters. The maximum Gasteiger partial charge on any atom is 0.508 e. The van der Waals surface area contributed by atoms with Crippen LogP contribution in [0.5, 0.6) is 0 Å². The molecule has 1 heterocycles. The highest BCUT2D eigenvalue weighted by Crippen LogP contribution is 2.13. The monoisotopic (exact) mass is 518 g/mol. The van der Waals surface area contributed by atoms with Crippen LogP contribution in [-0.2, 0) is 20.8 Å². The molecule has 5 nitrogen and oxygen atoms in total. The van der Waals surface area contributed by atoms with Crippen LogP contribution in [0.3, 0.4) is 0 Å². The van der Waals surface area contributed by atoms with Crippen LogP contribution in [-0.4, -0.2) is 32.6 Å². The maximum atomic E-state index is 11.7. The molecule has 0 fully saturated rings. The number of hydrogen-bond donors (Lipinski definition) is 0. The zero-order chi connectivity index (χ0) is 26.7. The molecule has 1 aromatic rings. The van der Waals surface area contributed by atoms with Crippen LogP contribution in [0, 0.1) is 0 Å². The average molecular weight is 519 g/mol. The summed E-state index contributed by atoms with van der Waals surface area (Å²) in [4.78, 5) is 11.7. The lowest BCUT2D eigenvalue weighted by atomic mass is 10.0. The van der Waals surface area contributed by atoms with E-state index < -0.39 is 6.16 Å². The largest absolute Gasteiger partial charge is 0.508 e. The Morgan fingerprint density at radius 1 is 0.622 bits per heavy atom. The molecular formula is C32H56NO4+. The summed E-state index contributed by atoms with van der Waals surface area (Å²) in [5, 5.41) is 0. The zero-order valence-corrected chi connectivity index (χ0v) is 23.9. The predicted molar refractivity (Wildman–Crippen MR) is 153 cm³/mol. The first-order chi connectivity index (χ1) is 18.2. The van der Waals surface area contributed by atoms with Gasteiger partial charge in [0, 0.05) is 25.2 Å². The summed E-state index contributed by atoms with van der Waals surface area (Å²) in [5.74, 6) is 0. The Bertz CT molecular complexity index is 649. The first-order valence-electron chi connectivity index (χ1n) is 15.2. The molecule has 0 aliphatic rings. The number of rotatable bonds is 26. The van der Waals surface area contributed by atoms with Crippen molar-refractivity contribution >= 4 is 6.16 Å². The van der Waals surface area contributed by atoms with Crippen molar-refractivity contribution in [1.82, 2.24) is 0 Å². The molecule has 0 spiro atoms. The summed E-state index contributed by atoms with van der Waals surface area (Å²) in [6.45, 7) is 8.98. The fourth-order valence-electron chi connectivity index (χ4n) is 4.35. The Kier molecular flexibility index (Phi) is 23.1. The van der Waals surface area contributed by atoms with E-state index in [0.717, 1.165) is 37.8 Å². The summed E-state index contributed by atoms with van der Waals surface area (Å²) in [5.41, 5.74) is 0.758. The lowest BCUT2D eigenvalue weighted by Gasteiger charge is -2.09. The number of pyridine rings is 1. The van der Waals surface area contributed by atoms with Gasteiger partial charge in [0.1, 0.15) is 13.2 Å². The second-order valence-corrected chi connectivity index (χ2v) is 10.3. The number of aromatic nitrogens is 1. The minimum absolute atomic E-state index is 0.159. The van der Waals surface area contributed by atoms with Crippen LogP contribution in [0.15, 0.2) is 42.7 Å². The third-order valence-corrected chi connectivity index (χ3v) is 6.65. The van der Waals surface area contributed by atoms with E-state index in [1.165, 1.54) is 89.9 Å². The average Bonchev–Trinajstić information content (AvgIpc) is 2.91. The van der Waals surface area contributed by atoms with E-state index in [0.29, 0.717) is 19.8 Å². The van der Waals surface area contributed by atoms with Crippen molar-refractivity contribution in [2.24, 2.45) is 0 Å². The van der Waals surface area contributed by atoms with Crippen molar-refractivity contribution in [3.8, 4) is 0 Å². The Morgan fingerprint density at radius 2 is 1.14 bits per heavy atom.